The lowest BCUT2D eigenvalue weighted by Crippen LogP contribution is -2.30. The van der Waals surface area contributed by atoms with E-state index in [4.69, 9.17) is 0 Å². The minimum Gasteiger partial charge on any atom is -0.310 e. The van der Waals surface area contributed by atoms with Gasteiger partial charge in [0.1, 0.15) is 0 Å². The Morgan fingerprint density at radius 2 is 0.640 bits per heavy atom. The second-order valence-corrected chi connectivity index (χ2v) is 24.2. The van der Waals surface area contributed by atoms with E-state index in [1.165, 1.54) is 94.6 Å². The van der Waals surface area contributed by atoms with E-state index in [-0.39, 0.29) is 16.2 Å². The van der Waals surface area contributed by atoms with E-state index < -0.39 is 10.8 Å². The number of nitrogens with zero attached hydrogens (tertiary/aromatic N) is 1. The van der Waals surface area contributed by atoms with Crippen molar-refractivity contribution in [3.05, 3.63) is 304 Å². The van der Waals surface area contributed by atoms with E-state index in [1.807, 2.05) is 0 Å². The Kier molecular flexibility index (Phi) is 11.4. The standard InChI is InChI=1S/C74H67N/c1-70(2,3)52-34-36-55(37-35-52)73(53-24-15-11-16-25-53)67-47-57(72(7,8)9)38-43-63(67)65-45-42-60(48-68(65)73)75(59-39-32-51(33-40-59)50-22-13-10-14-23-50)61-41-44-64-62-30-19-20-31-66(62)74(69(64)49-61,54-26-17-12-18-27-54)58-29-21-28-56(46-58)71(4,5)6/h10-49H,1-9H3. The average molecular weight is 970 g/mol. The molecule has 2 atom stereocenters. The molecule has 0 N–H and O–H groups in total. The van der Waals surface area contributed by atoms with Crippen molar-refractivity contribution in [1.29, 1.82) is 0 Å². The Hall–Kier alpha value is -8.00. The van der Waals surface area contributed by atoms with Gasteiger partial charge in [-0.15, -0.1) is 0 Å². The van der Waals surface area contributed by atoms with Gasteiger partial charge in [-0.05, 0) is 147 Å². The maximum Gasteiger partial charge on any atom is 0.0714 e. The third-order valence-electron chi connectivity index (χ3n) is 16.5. The van der Waals surface area contributed by atoms with Crippen LogP contribution in [0.15, 0.2) is 243 Å². The Balaban J connectivity index is 1.14. The first-order valence-electron chi connectivity index (χ1n) is 26.9. The van der Waals surface area contributed by atoms with Crippen LogP contribution < -0.4 is 4.90 Å². The minimum absolute atomic E-state index is 0.0117. The largest absolute Gasteiger partial charge is 0.310 e. The molecular formula is C74H67N. The van der Waals surface area contributed by atoms with Crippen molar-refractivity contribution >= 4 is 17.1 Å². The molecular weight excluding hydrogens is 903 g/mol. The minimum atomic E-state index is -0.609. The predicted molar refractivity (Wildman–Crippen MR) is 317 cm³/mol. The molecule has 0 radical (unpaired) electrons. The topological polar surface area (TPSA) is 3.24 Å². The van der Waals surface area contributed by atoms with Crippen LogP contribution in [0.2, 0.25) is 0 Å². The quantitative estimate of drug-likeness (QED) is 0.147. The average Bonchev–Trinajstić information content (AvgIpc) is 3.94. The van der Waals surface area contributed by atoms with Crippen LogP contribution in [0.4, 0.5) is 17.1 Å². The van der Waals surface area contributed by atoms with Crippen LogP contribution in [-0.4, -0.2) is 0 Å². The van der Waals surface area contributed by atoms with Crippen LogP contribution in [0.5, 0.6) is 0 Å². The van der Waals surface area contributed by atoms with Gasteiger partial charge in [0.05, 0.1) is 10.8 Å². The van der Waals surface area contributed by atoms with E-state index in [0.717, 1.165) is 17.1 Å². The number of hydrogen-bond acceptors (Lipinski definition) is 1. The van der Waals surface area contributed by atoms with E-state index in [2.05, 4.69) is 310 Å². The van der Waals surface area contributed by atoms with Crippen LogP contribution in [0.1, 0.15) is 124 Å². The molecule has 1 nitrogen and oxygen atoms in total. The fourth-order valence-electron chi connectivity index (χ4n) is 12.6. The number of benzene rings is 10. The van der Waals surface area contributed by atoms with Crippen LogP contribution in [-0.2, 0) is 27.1 Å². The van der Waals surface area contributed by atoms with Gasteiger partial charge in [-0.25, -0.2) is 0 Å². The van der Waals surface area contributed by atoms with Gasteiger partial charge in [-0.3, -0.25) is 0 Å². The van der Waals surface area contributed by atoms with Gasteiger partial charge in [-0.1, -0.05) is 269 Å². The number of rotatable bonds is 8. The van der Waals surface area contributed by atoms with Crippen molar-refractivity contribution in [3.8, 4) is 33.4 Å². The van der Waals surface area contributed by atoms with Crippen LogP contribution in [0, 0.1) is 0 Å². The van der Waals surface area contributed by atoms with Crippen molar-refractivity contribution in [2.75, 3.05) is 4.90 Å². The second kappa shape index (κ2) is 17.8. The van der Waals surface area contributed by atoms with Crippen LogP contribution in [0.3, 0.4) is 0 Å². The molecule has 0 fully saturated rings. The van der Waals surface area contributed by atoms with E-state index >= 15 is 0 Å². The zero-order valence-corrected chi connectivity index (χ0v) is 45.0. The first-order chi connectivity index (χ1) is 36.1. The molecule has 368 valence electrons. The molecule has 0 amide bonds. The van der Waals surface area contributed by atoms with Crippen LogP contribution in [0.25, 0.3) is 33.4 Å². The smallest absolute Gasteiger partial charge is 0.0714 e. The molecule has 0 heterocycles. The summed E-state index contributed by atoms with van der Waals surface area (Å²) in [6.45, 7) is 20.9. The van der Waals surface area contributed by atoms with Crippen molar-refractivity contribution < 1.29 is 0 Å². The summed E-state index contributed by atoms with van der Waals surface area (Å²) in [5.74, 6) is 0. The highest BCUT2D eigenvalue weighted by molar-refractivity contribution is 5.92. The number of anilines is 3. The van der Waals surface area contributed by atoms with Gasteiger partial charge < -0.3 is 4.90 Å². The molecule has 10 aromatic carbocycles. The van der Waals surface area contributed by atoms with Crippen LogP contribution >= 0.6 is 0 Å². The van der Waals surface area contributed by atoms with Gasteiger partial charge in [0.25, 0.3) is 0 Å². The first-order valence-corrected chi connectivity index (χ1v) is 26.9. The van der Waals surface area contributed by atoms with Crippen molar-refractivity contribution in [2.45, 2.75) is 89.4 Å². The second-order valence-electron chi connectivity index (χ2n) is 24.2. The highest BCUT2D eigenvalue weighted by Gasteiger charge is 2.49. The summed E-state index contributed by atoms with van der Waals surface area (Å²) >= 11 is 0. The highest BCUT2D eigenvalue weighted by atomic mass is 15.1. The lowest BCUT2D eigenvalue weighted by Gasteiger charge is -2.37. The predicted octanol–water partition coefficient (Wildman–Crippen LogP) is 19.4. The van der Waals surface area contributed by atoms with E-state index in [0.29, 0.717) is 0 Å². The van der Waals surface area contributed by atoms with Gasteiger partial charge >= 0.3 is 0 Å². The molecule has 75 heavy (non-hydrogen) atoms. The third kappa shape index (κ3) is 7.81. The molecule has 2 unspecified atom stereocenters. The summed E-state index contributed by atoms with van der Waals surface area (Å²) in [5.41, 5.74) is 23.8. The molecule has 2 aliphatic carbocycles. The SMILES string of the molecule is CC(C)(C)c1ccc(C2(c3ccccc3)c3cc(N(c4ccc(-c5ccccc5)cc4)c4ccc5c(c4)C(c4ccccc4)(c4cccc(C(C)(C)C)c4)c4ccccc4-5)ccc3-c3ccc(C(C)(C)C)cc32)cc1. The van der Waals surface area contributed by atoms with Gasteiger partial charge in [-0.2, -0.15) is 0 Å². The Morgan fingerprint density at radius 1 is 0.253 bits per heavy atom. The number of hydrogen-bond donors (Lipinski definition) is 0. The zero-order chi connectivity index (χ0) is 51.9. The fourth-order valence-corrected chi connectivity index (χ4v) is 12.6. The molecule has 0 saturated carbocycles. The lowest BCUT2D eigenvalue weighted by atomic mass is 9.66. The molecule has 0 aromatic heterocycles. The summed E-state index contributed by atoms with van der Waals surface area (Å²) in [6, 6.07) is 92.4. The van der Waals surface area contributed by atoms with Gasteiger partial charge in [0.15, 0.2) is 0 Å². The van der Waals surface area contributed by atoms with Crippen molar-refractivity contribution in [3.63, 3.8) is 0 Å². The molecule has 10 aromatic rings. The molecule has 2 aliphatic rings. The van der Waals surface area contributed by atoms with Crippen molar-refractivity contribution in [2.24, 2.45) is 0 Å². The maximum atomic E-state index is 2.53. The summed E-state index contributed by atoms with van der Waals surface area (Å²) in [6.07, 6.45) is 0. The molecule has 0 saturated heterocycles. The first kappa shape index (κ1) is 48.0. The summed E-state index contributed by atoms with van der Waals surface area (Å²) in [5, 5.41) is 0. The van der Waals surface area contributed by atoms with Gasteiger partial charge in [0, 0.05) is 17.1 Å². The Morgan fingerprint density at radius 3 is 1.19 bits per heavy atom. The lowest BCUT2D eigenvalue weighted by molar-refractivity contribution is 0.586. The normalized spacial score (nSPS) is 16.7. The zero-order valence-electron chi connectivity index (χ0n) is 45.0. The van der Waals surface area contributed by atoms with Gasteiger partial charge in [0.2, 0.25) is 0 Å². The number of fused-ring (bicyclic) bond motifs is 6. The van der Waals surface area contributed by atoms with E-state index in [1.54, 1.807) is 0 Å². The van der Waals surface area contributed by atoms with Crippen molar-refractivity contribution in [1.82, 2.24) is 0 Å². The Bertz CT molecular complexity index is 3730. The highest BCUT2D eigenvalue weighted by Crippen LogP contribution is 2.60. The third-order valence-corrected chi connectivity index (χ3v) is 16.5. The molecule has 1 heteroatoms. The summed E-state index contributed by atoms with van der Waals surface area (Å²) in [4.78, 5) is 2.52. The maximum absolute atomic E-state index is 2.53. The Labute approximate surface area is 446 Å². The fraction of sp³-hybridized carbons (Fsp3) is 0.189. The molecule has 0 bridgehead atoms. The summed E-state index contributed by atoms with van der Waals surface area (Å²) < 4.78 is 0. The summed E-state index contributed by atoms with van der Waals surface area (Å²) in [7, 11) is 0. The molecule has 0 spiro atoms. The monoisotopic (exact) mass is 970 g/mol. The van der Waals surface area contributed by atoms with E-state index in [9.17, 15) is 0 Å². The molecule has 12 rings (SSSR count). The molecule has 0 aliphatic heterocycles.